The summed E-state index contributed by atoms with van der Waals surface area (Å²) in [5.41, 5.74) is 1.38. The number of aromatic nitrogens is 1. The lowest BCUT2D eigenvalue weighted by Gasteiger charge is -2.10. The van der Waals surface area contributed by atoms with Gasteiger partial charge in [-0.25, -0.2) is 0 Å². The van der Waals surface area contributed by atoms with Crippen molar-refractivity contribution in [2.24, 2.45) is 7.05 Å². The van der Waals surface area contributed by atoms with Gasteiger partial charge in [0.2, 0.25) is 0 Å². The Morgan fingerprint density at radius 2 is 2.00 bits per heavy atom. The smallest absolute Gasteiger partial charge is 0.264 e. The average Bonchev–Trinajstić information content (AvgIpc) is 2.28. The van der Waals surface area contributed by atoms with Crippen molar-refractivity contribution >= 4 is 34.2 Å². The van der Waals surface area contributed by atoms with Crippen LogP contribution in [-0.2, 0) is 7.05 Å². The first-order valence-corrected chi connectivity index (χ1v) is 6.31. The number of hydrogen-bond acceptors (Lipinski definition) is 2. The Balaban J connectivity index is 2.69. The number of hydrogen-bond donors (Lipinski definition) is 1. The quantitative estimate of drug-likeness (QED) is 0.794. The lowest BCUT2D eigenvalue weighted by molar-refractivity contribution is 0.475. The Morgan fingerprint density at radius 3 is 2.65 bits per heavy atom. The topological polar surface area (TPSA) is 42.2 Å². The van der Waals surface area contributed by atoms with Crippen LogP contribution in [0.15, 0.2) is 35.1 Å². The molecule has 2 aromatic rings. The molecule has 88 valence electrons. The van der Waals surface area contributed by atoms with Crippen LogP contribution in [0.5, 0.6) is 5.75 Å². The standard InChI is InChI=1S/C12H9ClINO2/c1-15-11(5-4-10(14)12(15)17)8-3-2-7(16)6-9(8)13/h2-6,16H,1H3. The molecule has 0 radical (unpaired) electrons. The summed E-state index contributed by atoms with van der Waals surface area (Å²) >= 11 is 8.04. The highest BCUT2D eigenvalue weighted by atomic mass is 127. The first-order valence-electron chi connectivity index (χ1n) is 4.85. The third-order valence-corrected chi connectivity index (χ3v) is 3.62. The van der Waals surface area contributed by atoms with Crippen LogP contribution in [0.3, 0.4) is 0 Å². The molecule has 2 rings (SSSR count). The zero-order valence-corrected chi connectivity index (χ0v) is 11.9. The van der Waals surface area contributed by atoms with Gasteiger partial charge in [0, 0.05) is 12.6 Å². The number of phenols is 1. The number of phenolic OH excluding ortho intramolecular Hbond substituents is 1. The van der Waals surface area contributed by atoms with Gasteiger partial charge in [-0.05, 0) is 52.9 Å². The first-order chi connectivity index (χ1) is 8.00. The fourth-order valence-electron chi connectivity index (χ4n) is 1.59. The fourth-order valence-corrected chi connectivity index (χ4v) is 2.40. The van der Waals surface area contributed by atoms with Crippen molar-refractivity contribution in [1.82, 2.24) is 4.57 Å². The van der Waals surface area contributed by atoms with Gasteiger partial charge in [0.15, 0.2) is 0 Å². The van der Waals surface area contributed by atoms with Crippen molar-refractivity contribution in [3.05, 3.63) is 49.3 Å². The SMILES string of the molecule is Cn1c(-c2ccc(O)cc2Cl)ccc(I)c1=O. The van der Waals surface area contributed by atoms with Gasteiger partial charge >= 0.3 is 0 Å². The van der Waals surface area contributed by atoms with E-state index in [9.17, 15) is 9.90 Å². The Morgan fingerprint density at radius 1 is 1.29 bits per heavy atom. The van der Waals surface area contributed by atoms with Gasteiger partial charge in [-0.1, -0.05) is 11.6 Å². The Labute approximate surface area is 117 Å². The van der Waals surface area contributed by atoms with E-state index in [1.54, 1.807) is 29.8 Å². The van der Waals surface area contributed by atoms with Crippen LogP contribution in [0.2, 0.25) is 5.02 Å². The molecule has 3 nitrogen and oxygen atoms in total. The van der Waals surface area contributed by atoms with Crippen molar-refractivity contribution in [1.29, 1.82) is 0 Å². The molecule has 0 saturated carbocycles. The molecule has 1 aromatic heterocycles. The van der Waals surface area contributed by atoms with E-state index in [1.165, 1.54) is 6.07 Å². The molecule has 0 aliphatic carbocycles. The molecule has 0 saturated heterocycles. The lowest BCUT2D eigenvalue weighted by Crippen LogP contribution is -2.20. The molecule has 0 bridgehead atoms. The molecule has 1 heterocycles. The highest BCUT2D eigenvalue weighted by molar-refractivity contribution is 14.1. The first kappa shape index (κ1) is 12.4. The molecule has 17 heavy (non-hydrogen) atoms. The number of nitrogens with zero attached hydrogens (tertiary/aromatic N) is 1. The van der Waals surface area contributed by atoms with Crippen LogP contribution in [0, 0.1) is 3.57 Å². The molecule has 5 heteroatoms. The Bertz CT molecular complexity index is 637. The van der Waals surface area contributed by atoms with Gasteiger partial charge in [-0.15, -0.1) is 0 Å². The predicted molar refractivity (Wildman–Crippen MR) is 76.5 cm³/mol. The number of pyridine rings is 1. The van der Waals surface area contributed by atoms with Crippen molar-refractivity contribution in [3.8, 4) is 17.0 Å². The molecule has 1 N–H and O–H groups in total. The van der Waals surface area contributed by atoms with E-state index in [1.807, 2.05) is 28.7 Å². The third-order valence-electron chi connectivity index (χ3n) is 2.49. The summed E-state index contributed by atoms with van der Waals surface area (Å²) in [6.07, 6.45) is 0. The number of rotatable bonds is 1. The Kier molecular flexibility index (Phi) is 3.44. The predicted octanol–water partition coefficient (Wildman–Crippen LogP) is 3.02. The fraction of sp³-hybridized carbons (Fsp3) is 0.0833. The maximum Gasteiger partial charge on any atom is 0.264 e. The van der Waals surface area contributed by atoms with Crippen LogP contribution in [0.1, 0.15) is 0 Å². The largest absolute Gasteiger partial charge is 0.508 e. The number of halogens is 2. The second kappa shape index (κ2) is 4.70. The van der Waals surface area contributed by atoms with E-state index in [4.69, 9.17) is 11.6 Å². The number of aromatic hydroxyl groups is 1. The highest BCUT2D eigenvalue weighted by Crippen LogP contribution is 2.29. The molecular formula is C12H9ClINO2. The van der Waals surface area contributed by atoms with E-state index >= 15 is 0 Å². The van der Waals surface area contributed by atoms with Crippen LogP contribution >= 0.6 is 34.2 Å². The van der Waals surface area contributed by atoms with E-state index in [2.05, 4.69) is 0 Å². The summed E-state index contributed by atoms with van der Waals surface area (Å²) < 4.78 is 2.20. The zero-order chi connectivity index (χ0) is 12.6. The van der Waals surface area contributed by atoms with Gasteiger partial charge < -0.3 is 9.67 Å². The summed E-state index contributed by atoms with van der Waals surface area (Å²) in [4.78, 5) is 11.8. The molecule has 0 amide bonds. The highest BCUT2D eigenvalue weighted by Gasteiger charge is 2.09. The monoisotopic (exact) mass is 361 g/mol. The normalized spacial score (nSPS) is 10.5. The maximum absolute atomic E-state index is 11.8. The minimum Gasteiger partial charge on any atom is -0.508 e. The van der Waals surface area contributed by atoms with Gasteiger partial charge in [-0.2, -0.15) is 0 Å². The van der Waals surface area contributed by atoms with Gasteiger partial charge in [0.1, 0.15) is 5.75 Å². The van der Waals surface area contributed by atoms with Crippen LogP contribution in [0.4, 0.5) is 0 Å². The molecule has 0 unspecified atom stereocenters. The van der Waals surface area contributed by atoms with E-state index in [0.717, 1.165) is 11.3 Å². The molecule has 0 aliphatic rings. The van der Waals surface area contributed by atoms with Gasteiger partial charge in [0.25, 0.3) is 5.56 Å². The van der Waals surface area contributed by atoms with Gasteiger partial charge in [0.05, 0.1) is 14.3 Å². The van der Waals surface area contributed by atoms with Crippen LogP contribution in [-0.4, -0.2) is 9.67 Å². The molecule has 0 fully saturated rings. The zero-order valence-electron chi connectivity index (χ0n) is 8.95. The molecule has 0 aliphatic heterocycles. The minimum atomic E-state index is -0.0627. The van der Waals surface area contributed by atoms with Gasteiger partial charge in [-0.3, -0.25) is 4.79 Å². The summed E-state index contributed by atoms with van der Waals surface area (Å²) in [6.45, 7) is 0. The second-order valence-electron chi connectivity index (χ2n) is 3.59. The van der Waals surface area contributed by atoms with E-state index in [0.29, 0.717) is 8.59 Å². The summed E-state index contributed by atoms with van der Waals surface area (Å²) in [5.74, 6) is 0.106. The third kappa shape index (κ3) is 2.32. The van der Waals surface area contributed by atoms with E-state index < -0.39 is 0 Å². The minimum absolute atomic E-state index is 0.0627. The van der Waals surface area contributed by atoms with Crippen molar-refractivity contribution in [2.75, 3.05) is 0 Å². The summed E-state index contributed by atoms with van der Waals surface area (Å²) in [6, 6.07) is 8.28. The molecular weight excluding hydrogens is 352 g/mol. The number of benzene rings is 1. The van der Waals surface area contributed by atoms with E-state index in [-0.39, 0.29) is 11.3 Å². The second-order valence-corrected chi connectivity index (χ2v) is 5.16. The van der Waals surface area contributed by atoms with Crippen molar-refractivity contribution in [3.63, 3.8) is 0 Å². The average molecular weight is 362 g/mol. The van der Waals surface area contributed by atoms with Crippen LogP contribution < -0.4 is 5.56 Å². The lowest BCUT2D eigenvalue weighted by atomic mass is 10.1. The molecule has 0 spiro atoms. The Hall–Kier alpha value is -1.01. The summed E-state index contributed by atoms with van der Waals surface area (Å²) in [5, 5.41) is 9.72. The molecule has 0 atom stereocenters. The van der Waals surface area contributed by atoms with Crippen LogP contribution in [0.25, 0.3) is 11.3 Å². The molecule has 1 aromatic carbocycles. The summed E-state index contributed by atoms with van der Waals surface area (Å²) in [7, 11) is 1.70. The van der Waals surface area contributed by atoms with Crippen molar-refractivity contribution < 1.29 is 5.11 Å². The maximum atomic E-state index is 11.8. The van der Waals surface area contributed by atoms with Crippen molar-refractivity contribution in [2.45, 2.75) is 0 Å².